The molecule has 1 N–H and O–H groups in total. The number of carbonyl (C=O) groups is 1. The molecule has 0 atom stereocenters. The Balaban J connectivity index is 1.85. The monoisotopic (exact) mass is 249 g/mol. The highest BCUT2D eigenvalue weighted by Crippen LogP contribution is 2.10. The molecule has 0 aliphatic rings. The Morgan fingerprint density at radius 3 is 3.06 bits per heavy atom. The van der Waals surface area contributed by atoms with Crippen LogP contribution in [0.25, 0.3) is 0 Å². The third-order valence-corrected chi connectivity index (χ3v) is 2.54. The van der Waals surface area contributed by atoms with Gasteiger partial charge in [-0.1, -0.05) is 17.7 Å². The maximum absolute atomic E-state index is 11.7. The fourth-order valence-electron chi connectivity index (χ4n) is 1.45. The largest absolute Gasteiger partial charge is 0.350 e. The van der Waals surface area contributed by atoms with Crippen LogP contribution in [0.4, 0.5) is 0 Å². The number of halogens is 1. The molecule has 0 radical (unpaired) electrons. The molecule has 1 aromatic carbocycles. The van der Waals surface area contributed by atoms with Gasteiger partial charge in [0.15, 0.2) is 0 Å². The summed E-state index contributed by atoms with van der Waals surface area (Å²) in [6, 6.07) is 6.88. The molecule has 0 unspecified atom stereocenters. The molecule has 2 rings (SSSR count). The summed E-state index contributed by atoms with van der Waals surface area (Å²) < 4.78 is 1.90. The Morgan fingerprint density at radius 2 is 2.35 bits per heavy atom. The van der Waals surface area contributed by atoms with Crippen LogP contribution >= 0.6 is 11.6 Å². The van der Waals surface area contributed by atoms with Gasteiger partial charge in [0.1, 0.15) is 0 Å². The molecule has 0 aliphatic heterocycles. The number of nitrogens with one attached hydrogen (secondary N) is 1. The number of hydrogen-bond donors (Lipinski definition) is 1. The number of rotatable bonds is 4. The zero-order valence-electron chi connectivity index (χ0n) is 9.14. The number of hydrogen-bond acceptors (Lipinski definition) is 2. The minimum absolute atomic E-state index is 0.118. The van der Waals surface area contributed by atoms with Gasteiger partial charge in [0.25, 0.3) is 5.91 Å². The first-order valence-corrected chi connectivity index (χ1v) is 5.63. The first-order chi connectivity index (χ1) is 8.25. The SMILES string of the molecule is O=C(NCCn1ccnc1)c1cccc(Cl)c1. The minimum atomic E-state index is -0.118. The molecule has 4 nitrogen and oxygen atoms in total. The maximum atomic E-state index is 11.7. The molecular formula is C12H12ClN3O. The van der Waals surface area contributed by atoms with Crippen LogP contribution in [0.1, 0.15) is 10.4 Å². The third kappa shape index (κ3) is 3.32. The Bertz CT molecular complexity index is 496. The van der Waals surface area contributed by atoms with Crippen LogP contribution in [0.3, 0.4) is 0 Å². The van der Waals surface area contributed by atoms with E-state index in [9.17, 15) is 4.79 Å². The highest BCUT2D eigenvalue weighted by molar-refractivity contribution is 6.30. The normalized spacial score (nSPS) is 10.2. The van der Waals surface area contributed by atoms with Crippen molar-refractivity contribution in [2.24, 2.45) is 0 Å². The minimum Gasteiger partial charge on any atom is -0.350 e. The molecule has 0 saturated heterocycles. The highest BCUT2D eigenvalue weighted by atomic mass is 35.5. The molecular weight excluding hydrogens is 238 g/mol. The molecule has 2 aromatic rings. The summed E-state index contributed by atoms with van der Waals surface area (Å²) in [6.07, 6.45) is 5.27. The molecule has 0 bridgehead atoms. The summed E-state index contributed by atoms with van der Waals surface area (Å²) in [4.78, 5) is 15.7. The second kappa shape index (κ2) is 5.50. The summed E-state index contributed by atoms with van der Waals surface area (Å²) >= 11 is 5.81. The lowest BCUT2D eigenvalue weighted by molar-refractivity contribution is 0.0952. The second-order valence-electron chi connectivity index (χ2n) is 3.57. The summed E-state index contributed by atoms with van der Waals surface area (Å²) in [7, 11) is 0. The molecule has 0 fully saturated rings. The van der Waals surface area contributed by atoms with Crippen molar-refractivity contribution in [1.82, 2.24) is 14.9 Å². The summed E-state index contributed by atoms with van der Waals surface area (Å²) in [5.41, 5.74) is 0.572. The van der Waals surface area contributed by atoms with Crippen molar-refractivity contribution in [1.29, 1.82) is 0 Å². The fourth-order valence-corrected chi connectivity index (χ4v) is 1.64. The Morgan fingerprint density at radius 1 is 1.47 bits per heavy atom. The molecule has 1 amide bonds. The predicted octanol–water partition coefficient (Wildman–Crippen LogP) is 1.97. The molecule has 0 saturated carbocycles. The summed E-state index contributed by atoms with van der Waals surface area (Å²) in [6.45, 7) is 1.26. The third-order valence-electron chi connectivity index (χ3n) is 2.30. The van der Waals surface area contributed by atoms with Crippen LogP contribution in [-0.4, -0.2) is 22.0 Å². The van der Waals surface area contributed by atoms with Crippen LogP contribution in [-0.2, 0) is 6.54 Å². The smallest absolute Gasteiger partial charge is 0.251 e. The van der Waals surface area contributed by atoms with Crippen molar-refractivity contribution >= 4 is 17.5 Å². The van der Waals surface area contributed by atoms with Crippen LogP contribution in [0, 0.1) is 0 Å². The summed E-state index contributed by atoms with van der Waals surface area (Å²) in [5, 5.41) is 3.38. The Labute approximate surface area is 104 Å². The Kier molecular flexibility index (Phi) is 3.77. The van der Waals surface area contributed by atoms with Crippen molar-refractivity contribution in [3.8, 4) is 0 Å². The first-order valence-electron chi connectivity index (χ1n) is 5.25. The van der Waals surface area contributed by atoms with Crippen molar-refractivity contribution in [2.75, 3.05) is 6.54 Å². The first kappa shape index (κ1) is 11.7. The van der Waals surface area contributed by atoms with E-state index in [0.717, 1.165) is 0 Å². The number of nitrogens with zero attached hydrogens (tertiary/aromatic N) is 2. The van der Waals surface area contributed by atoms with E-state index in [0.29, 0.717) is 23.7 Å². The van der Waals surface area contributed by atoms with Gasteiger partial charge in [-0.15, -0.1) is 0 Å². The number of carbonyl (C=O) groups excluding carboxylic acids is 1. The van der Waals surface area contributed by atoms with Crippen molar-refractivity contribution in [3.63, 3.8) is 0 Å². The lowest BCUT2D eigenvalue weighted by atomic mass is 10.2. The maximum Gasteiger partial charge on any atom is 0.251 e. The average molecular weight is 250 g/mol. The fraction of sp³-hybridized carbons (Fsp3) is 0.167. The zero-order chi connectivity index (χ0) is 12.1. The van der Waals surface area contributed by atoms with E-state index in [1.54, 1.807) is 36.8 Å². The molecule has 0 aliphatic carbocycles. The quantitative estimate of drug-likeness (QED) is 0.901. The van der Waals surface area contributed by atoms with Gasteiger partial charge in [0, 0.05) is 36.1 Å². The van der Waals surface area contributed by atoms with Gasteiger partial charge in [-0.05, 0) is 18.2 Å². The number of benzene rings is 1. The molecule has 17 heavy (non-hydrogen) atoms. The number of amides is 1. The van der Waals surface area contributed by atoms with E-state index in [2.05, 4.69) is 10.3 Å². The van der Waals surface area contributed by atoms with Crippen LogP contribution in [0.2, 0.25) is 5.02 Å². The van der Waals surface area contributed by atoms with E-state index in [1.165, 1.54) is 0 Å². The van der Waals surface area contributed by atoms with Gasteiger partial charge in [-0.2, -0.15) is 0 Å². The van der Waals surface area contributed by atoms with Crippen LogP contribution < -0.4 is 5.32 Å². The average Bonchev–Trinajstić information content (AvgIpc) is 2.82. The Hall–Kier alpha value is -1.81. The van der Waals surface area contributed by atoms with Crippen molar-refractivity contribution in [3.05, 3.63) is 53.6 Å². The van der Waals surface area contributed by atoms with E-state index >= 15 is 0 Å². The van der Waals surface area contributed by atoms with Crippen LogP contribution in [0.15, 0.2) is 43.0 Å². The zero-order valence-corrected chi connectivity index (χ0v) is 9.89. The molecule has 1 heterocycles. The van der Waals surface area contributed by atoms with Gasteiger partial charge in [0.05, 0.1) is 6.33 Å². The second-order valence-corrected chi connectivity index (χ2v) is 4.00. The molecule has 88 valence electrons. The molecule has 1 aromatic heterocycles. The molecule has 0 spiro atoms. The van der Waals surface area contributed by atoms with Gasteiger partial charge in [0.2, 0.25) is 0 Å². The number of aromatic nitrogens is 2. The molecule has 5 heteroatoms. The van der Waals surface area contributed by atoms with Gasteiger partial charge in [-0.25, -0.2) is 4.98 Å². The lowest BCUT2D eigenvalue weighted by Crippen LogP contribution is -2.26. The van der Waals surface area contributed by atoms with Crippen LogP contribution in [0.5, 0.6) is 0 Å². The predicted molar refractivity (Wildman–Crippen MR) is 66.0 cm³/mol. The van der Waals surface area contributed by atoms with Gasteiger partial charge in [-0.3, -0.25) is 4.79 Å². The van der Waals surface area contributed by atoms with Crippen molar-refractivity contribution < 1.29 is 4.79 Å². The van der Waals surface area contributed by atoms with E-state index in [4.69, 9.17) is 11.6 Å². The number of imidazole rings is 1. The van der Waals surface area contributed by atoms with Gasteiger partial charge >= 0.3 is 0 Å². The topological polar surface area (TPSA) is 46.9 Å². The van der Waals surface area contributed by atoms with E-state index in [-0.39, 0.29) is 5.91 Å². The van der Waals surface area contributed by atoms with E-state index < -0.39 is 0 Å². The highest BCUT2D eigenvalue weighted by Gasteiger charge is 2.04. The van der Waals surface area contributed by atoms with E-state index in [1.807, 2.05) is 10.8 Å². The van der Waals surface area contributed by atoms with Gasteiger partial charge < -0.3 is 9.88 Å². The standard InChI is InChI=1S/C12H12ClN3O/c13-11-3-1-2-10(8-11)12(17)15-5-7-16-6-4-14-9-16/h1-4,6,8-9H,5,7H2,(H,15,17). The summed E-state index contributed by atoms with van der Waals surface area (Å²) in [5.74, 6) is -0.118. The lowest BCUT2D eigenvalue weighted by Gasteiger charge is -2.05. The van der Waals surface area contributed by atoms with Crippen molar-refractivity contribution in [2.45, 2.75) is 6.54 Å².